The van der Waals surface area contributed by atoms with Crippen molar-refractivity contribution in [3.63, 3.8) is 0 Å². The summed E-state index contributed by atoms with van der Waals surface area (Å²) in [5.74, 6) is 1.27. The van der Waals surface area contributed by atoms with Gasteiger partial charge < -0.3 is 4.74 Å². The first-order valence-electron chi connectivity index (χ1n) is 5.46. The highest BCUT2D eigenvalue weighted by molar-refractivity contribution is 7.09. The maximum absolute atomic E-state index is 5.88. The van der Waals surface area contributed by atoms with Crippen LogP contribution in [0, 0.1) is 0 Å². The largest absolute Gasteiger partial charge is 0.477 e. The second-order valence-corrected chi connectivity index (χ2v) is 4.90. The van der Waals surface area contributed by atoms with Crippen molar-refractivity contribution in [2.45, 2.75) is 19.8 Å². The van der Waals surface area contributed by atoms with Crippen LogP contribution in [0.25, 0.3) is 0 Å². The van der Waals surface area contributed by atoms with Gasteiger partial charge in [0.05, 0.1) is 6.61 Å². The van der Waals surface area contributed by atoms with E-state index in [9.17, 15) is 0 Å². The van der Waals surface area contributed by atoms with Crippen LogP contribution in [0.15, 0.2) is 23.6 Å². The first-order valence-corrected chi connectivity index (χ1v) is 6.72. The minimum atomic E-state index is 0.433. The molecule has 2 rings (SSSR count). The highest BCUT2D eigenvalue weighted by Gasteiger charge is 2.03. The molecule has 3 nitrogen and oxygen atoms in total. The number of hydrogen-bond acceptors (Lipinski definition) is 4. The molecule has 0 aliphatic carbocycles. The number of rotatable bonds is 5. The molecule has 0 atom stereocenters. The summed E-state index contributed by atoms with van der Waals surface area (Å²) < 4.78 is 5.57. The summed E-state index contributed by atoms with van der Waals surface area (Å²) in [4.78, 5) is 9.65. The Kier molecular flexibility index (Phi) is 4.34. The van der Waals surface area contributed by atoms with Crippen molar-refractivity contribution >= 4 is 22.9 Å². The van der Waals surface area contributed by atoms with Gasteiger partial charge in [-0.15, -0.1) is 11.3 Å². The lowest BCUT2D eigenvalue weighted by Gasteiger charge is -2.05. The summed E-state index contributed by atoms with van der Waals surface area (Å²) in [6, 6.07) is 5.78. The first kappa shape index (κ1) is 12.3. The molecule has 17 heavy (non-hydrogen) atoms. The molecule has 0 radical (unpaired) electrons. The van der Waals surface area contributed by atoms with Crippen LogP contribution in [-0.2, 0) is 12.8 Å². The van der Waals surface area contributed by atoms with E-state index in [1.54, 1.807) is 17.4 Å². The monoisotopic (exact) mass is 268 g/mol. The Morgan fingerprint density at radius 2 is 2.29 bits per heavy atom. The summed E-state index contributed by atoms with van der Waals surface area (Å²) in [6.45, 7) is 2.60. The molecule has 0 saturated heterocycles. The molecule has 0 saturated carbocycles. The minimum Gasteiger partial charge on any atom is -0.477 e. The molecule has 0 aromatic carbocycles. The van der Waals surface area contributed by atoms with E-state index in [1.807, 2.05) is 13.0 Å². The number of hydrogen-bond donors (Lipinski definition) is 0. The molecule has 2 aromatic heterocycles. The number of ether oxygens (including phenoxy) is 1. The maximum atomic E-state index is 5.88. The number of halogens is 1. The van der Waals surface area contributed by atoms with Gasteiger partial charge in [0.2, 0.25) is 5.88 Å². The summed E-state index contributed by atoms with van der Waals surface area (Å²) in [7, 11) is 0. The van der Waals surface area contributed by atoms with Crippen molar-refractivity contribution in [3.05, 3.63) is 39.4 Å². The third-order valence-electron chi connectivity index (χ3n) is 2.21. The Morgan fingerprint density at radius 1 is 1.41 bits per heavy atom. The van der Waals surface area contributed by atoms with Crippen molar-refractivity contribution < 1.29 is 4.74 Å². The quantitative estimate of drug-likeness (QED) is 0.780. The van der Waals surface area contributed by atoms with E-state index in [1.165, 1.54) is 4.88 Å². The molecule has 0 aliphatic heterocycles. The molecular weight excluding hydrogens is 256 g/mol. The number of thiophene rings is 1. The molecule has 90 valence electrons. The van der Waals surface area contributed by atoms with Crippen LogP contribution in [0.3, 0.4) is 0 Å². The Balaban J connectivity index is 1.92. The Labute approximate surface area is 109 Å². The zero-order valence-corrected chi connectivity index (χ0v) is 11.1. The lowest BCUT2D eigenvalue weighted by molar-refractivity contribution is 0.309. The molecule has 0 amide bonds. The summed E-state index contributed by atoms with van der Waals surface area (Å²) in [5.41, 5.74) is 0. The zero-order chi connectivity index (χ0) is 12.1. The van der Waals surface area contributed by atoms with Crippen molar-refractivity contribution in [1.82, 2.24) is 9.97 Å². The third-order valence-corrected chi connectivity index (χ3v) is 3.34. The fourth-order valence-corrected chi connectivity index (χ4v) is 2.27. The minimum absolute atomic E-state index is 0.433. The zero-order valence-electron chi connectivity index (χ0n) is 9.52. The molecule has 0 fully saturated rings. The average molecular weight is 269 g/mol. The van der Waals surface area contributed by atoms with Gasteiger partial charge in [-0.05, 0) is 11.4 Å². The van der Waals surface area contributed by atoms with Gasteiger partial charge in [-0.1, -0.05) is 24.6 Å². The highest BCUT2D eigenvalue weighted by Crippen LogP contribution is 2.15. The molecule has 0 unspecified atom stereocenters. The van der Waals surface area contributed by atoms with Crippen LogP contribution in [0.2, 0.25) is 5.15 Å². The van der Waals surface area contributed by atoms with E-state index in [-0.39, 0.29) is 0 Å². The Hall–Kier alpha value is -1.13. The van der Waals surface area contributed by atoms with Crippen molar-refractivity contribution in [2.24, 2.45) is 0 Å². The van der Waals surface area contributed by atoms with Gasteiger partial charge in [0.15, 0.2) is 0 Å². The van der Waals surface area contributed by atoms with Crippen LogP contribution in [-0.4, -0.2) is 16.6 Å². The second kappa shape index (κ2) is 5.98. The van der Waals surface area contributed by atoms with Gasteiger partial charge in [-0.25, -0.2) is 4.98 Å². The van der Waals surface area contributed by atoms with Gasteiger partial charge in [-0.3, -0.25) is 0 Å². The molecule has 5 heteroatoms. The Bertz CT molecular complexity index is 473. The van der Waals surface area contributed by atoms with Crippen LogP contribution in [0.1, 0.15) is 17.6 Å². The number of nitrogens with zero attached hydrogens (tertiary/aromatic N) is 2. The van der Waals surface area contributed by atoms with Gasteiger partial charge >= 0.3 is 0 Å². The van der Waals surface area contributed by atoms with E-state index in [2.05, 4.69) is 21.4 Å². The molecule has 0 bridgehead atoms. The Morgan fingerprint density at radius 3 is 3.00 bits per heavy atom. The van der Waals surface area contributed by atoms with Crippen molar-refractivity contribution in [2.75, 3.05) is 6.61 Å². The fraction of sp³-hybridized carbons (Fsp3) is 0.333. The lowest BCUT2D eigenvalue weighted by atomic mass is 10.4. The van der Waals surface area contributed by atoms with E-state index in [4.69, 9.17) is 16.3 Å². The van der Waals surface area contributed by atoms with E-state index in [0.29, 0.717) is 23.5 Å². The first-order chi connectivity index (χ1) is 8.28. The van der Waals surface area contributed by atoms with Crippen LogP contribution in [0.4, 0.5) is 0 Å². The summed E-state index contributed by atoms with van der Waals surface area (Å²) in [5, 5.41) is 2.49. The topological polar surface area (TPSA) is 35.0 Å². The summed E-state index contributed by atoms with van der Waals surface area (Å²) >= 11 is 7.61. The molecule has 0 aliphatic rings. The predicted octanol–water partition coefficient (Wildman–Crippen LogP) is 3.38. The SMILES string of the molecule is CCc1nc(Cl)cc(OCCc2cccs2)n1. The van der Waals surface area contributed by atoms with Crippen molar-refractivity contribution in [1.29, 1.82) is 0 Å². The second-order valence-electron chi connectivity index (χ2n) is 3.48. The molecular formula is C12H13ClN2OS. The molecule has 2 heterocycles. The lowest BCUT2D eigenvalue weighted by Crippen LogP contribution is -2.04. The van der Waals surface area contributed by atoms with Gasteiger partial charge in [0, 0.05) is 23.8 Å². The van der Waals surface area contributed by atoms with E-state index < -0.39 is 0 Å². The molecule has 0 spiro atoms. The normalized spacial score (nSPS) is 10.5. The molecule has 2 aromatic rings. The van der Waals surface area contributed by atoms with Gasteiger partial charge in [0.1, 0.15) is 11.0 Å². The van der Waals surface area contributed by atoms with Crippen molar-refractivity contribution in [3.8, 4) is 5.88 Å². The third kappa shape index (κ3) is 3.68. The van der Waals surface area contributed by atoms with E-state index in [0.717, 1.165) is 12.8 Å². The summed E-state index contributed by atoms with van der Waals surface area (Å²) in [6.07, 6.45) is 1.64. The van der Waals surface area contributed by atoms with Crippen LogP contribution < -0.4 is 4.74 Å². The number of aromatic nitrogens is 2. The standard InChI is InChI=1S/C12H13ClN2OS/c1-2-11-14-10(13)8-12(15-11)16-6-5-9-4-3-7-17-9/h3-4,7-8H,2,5-6H2,1H3. The van der Waals surface area contributed by atoms with Gasteiger partial charge in [-0.2, -0.15) is 4.98 Å². The van der Waals surface area contributed by atoms with Crippen LogP contribution in [0.5, 0.6) is 5.88 Å². The smallest absolute Gasteiger partial charge is 0.218 e. The fourth-order valence-electron chi connectivity index (χ4n) is 1.39. The maximum Gasteiger partial charge on any atom is 0.218 e. The van der Waals surface area contributed by atoms with Gasteiger partial charge in [0.25, 0.3) is 0 Å². The predicted molar refractivity (Wildman–Crippen MR) is 69.9 cm³/mol. The number of aryl methyl sites for hydroxylation is 1. The van der Waals surface area contributed by atoms with E-state index >= 15 is 0 Å². The average Bonchev–Trinajstić information content (AvgIpc) is 2.81. The molecule has 0 N–H and O–H groups in total. The van der Waals surface area contributed by atoms with Crippen LogP contribution >= 0.6 is 22.9 Å². The highest BCUT2D eigenvalue weighted by atomic mass is 35.5.